The highest BCUT2D eigenvalue weighted by molar-refractivity contribution is 5.95. The van der Waals surface area contributed by atoms with Crippen molar-refractivity contribution in [2.45, 2.75) is 31.5 Å². The number of rotatable bonds is 5. The number of pyridine rings is 1. The molecule has 0 spiro atoms. The third kappa shape index (κ3) is 3.84. The molecular formula is C21H22F3N7O2. The lowest BCUT2D eigenvalue weighted by Crippen LogP contribution is -2.46. The van der Waals surface area contributed by atoms with Gasteiger partial charge in [-0.05, 0) is 19.4 Å². The Balaban J connectivity index is 1.58. The zero-order valence-electron chi connectivity index (χ0n) is 17.8. The Morgan fingerprint density at radius 2 is 2.12 bits per heavy atom. The second-order valence-electron chi connectivity index (χ2n) is 8.01. The predicted molar refractivity (Wildman–Crippen MR) is 114 cm³/mol. The minimum absolute atomic E-state index is 0.0961. The maximum Gasteiger partial charge on any atom is 0.228 e. The van der Waals surface area contributed by atoms with E-state index < -0.39 is 23.8 Å². The summed E-state index contributed by atoms with van der Waals surface area (Å²) < 4.78 is 50.2. The minimum atomic E-state index is -1.19. The molecule has 12 heteroatoms. The van der Waals surface area contributed by atoms with Crippen molar-refractivity contribution in [2.75, 3.05) is 37.0 Å². The number of piperidine rings is 1. The molecule has 3 aromatic rings. The summed E-state index contributed by atoms with van der Waals surface area (Å²) in [5, 5.41) is 10.3. The largest absolute Gasteiger partial charge is 0.493 e. The van der Waals surface area contributed by atoms with Crippen LogP contribution in [0.3, 0.4) is 0 Å². The zero-order valence-corrected chi connectivity index (χ0v) is 17.8. The van der Waals surface area contributed by atoms with E-state index in [1.54, 1.807) is 6.07 Å². The number of amides is 1. The SMILES string of the molecule is COc1cc2ncc(-c3nc(NC4CNCCC4F)c(F)cc3F)n2nc1N1CCCC1=O. The molecule has 2 N–H and O–H groups in total. The van der Waals surface area contributed by atoms with Crippen LogP contribution >= 0.6 is 0 Å². The molecular weight excluding hydrogens is 439 g/mol. The van der Waals surface area contributed by atoms with Crippen LogP contribution in [0.1, 0.15) is 19.3 Å². The molecule has 5 rings (SSSR count). The van der Waals surface area contributed by atoms with Crippen LogP contribution in [0.2, 0.25) is 0 Å². The molecule has 33 heavy (non-hydrogen) atoms. The number of fused-ring (bicyclic) bond motifs is 1. The number of imidazole rings is 1. The van der Waals surface area contributed by atoms with E-state index in [2.05, 4.69) is 25.7 Å². The summed E-state index contributed by atoms with van der Waals surface area (Å²) in [6, 6.07) is 1.58. The summed E-state index contributed by atoms with van der Waals surface area (Å²) in [6.45, 7) is 1.30. The summed E-state index contributed by atoms with van der Waals surface area (Å²) >= 11 is 0. The van der Waals surface area contributed by atoms with E-state index in [9.17, 15) is 18.0 Å². The van der Waals surface area contributed by atoms with Crippen molar-refractivity contribution < 1.29 is 22.7 Å². The molecule has 5 heterocycles. The molecule has 2 aliphatic heterocycles. The van der Waals surface area contributed by atoms with E-state index in [-0.39, 0.29) is 35.4 Å². The second-order valence-corrected chi connectivity index (χ2v) is 8.01. The highest BCUT2D eigenvalue weighted by Crippen LogP contribution is 2.33. The number of carbonyl (C=O) groups is 1. The van der Waals surface area contributed by atoms with Gasteiger partial charge in [-0.3, -0.25) is 9.69 Å². The molecule has 0 aromatic carbocycles. The maximum atomic E-state index is 14.8. The fraction of sp³-hybridized carbons (Fsp3) is 0.429. The van der Waals surface area contributed by atoms with E-state index >= 15 is 0 Å². The molecule has 0 radical (unpaired) electrons. The monoisotopic (exact) mass is 461 g/mol. The Labute approximate surface area is 187 Å². The number of hydrogen-bond acceptors (Lipinski definition) is 7. The van der Waals surface area contributed by atoms with Gasteiger partial charge in [-0.2, -0.15) is 0 Å². The topological polar surface area (TPSA) is 96.7 Å². The van der Waals surface area contributed by atoms with Gasteiger partial charge in [0.15, 0.2) is 34.7 Å². The van der Waals surface area contributed by atoms with Gasteiger partial charge in [0, 0.05) is 31.6 Å². The smallest absolute Gasteiger partial charge is 0.228 e. The standard InChI is InChI=1S/C21H22F3N7O2/c1-33-16-8-17-26-10-15(31(17)29-21(16)30-6-2-3-18(30)32)19-12(23)7-13(24)20(28-19)27-14-9-25-5-4-11(14)22/h7-8,10-11,14,25H,2-6,9H2,1H3,(H,27,28). The van der Waals surface area contributed by atoms with E-state index in [0.717, 1.165) is 0 Å². The van der Waals surface area contributed by atoms with Gasteiger partial charge in [-0.25, -0.2) is 27.7 Å². The van der Waals surface area contributed by atoms with Crippen molar-refractivity contribution >= 4 is 23.2 Å². The highest BCUT2D eigenvalue weighted by atomic mass is 19.1. The number of aromatic nitrogens is 4. The number of anilines is 2. The van der Waals surface area contributed by atoms with E-state index in [1.165, 1.54) is 22.7 Å². The first-order valence-corrected chi connectivity index (χ1v) is 10.7. The molecule has 3 aromatic heterocycles. The lowest BCUT2D eigenvalue weighted by molar-refractivity contribution is -0.117. The fourth-order valence-corrected chi connectivity index (χ4v) is 4.15. The number of halogens is 3. The molecule has 2 saturated heterocycles. The second kappa shape index (κ2) is 8.50. The molecule has 2 unspecified atom stereocenters. The number of nitrogens with zero attached hydrogens (tertiary/aromatic N) is 5. The Morgan fingerprint density at radius 3 is 2.85 bits per heavy atom. The van der Waals surface area contributed by atoms with Crippen LogP contribution in [0.5, 0.6) is 5.75 Å². The fourth-order valence-electron chi connectivity index (χ4n) is 4.15. The summed E-state index contributed by atoms with van der Waals surface area (Å²) in [7, 11) is 1.46. The lowest BCUT2D eigenvalue weighted by atomic mass is 10.1. The van der Waals surface area contributed by atoms with Crippen LogP contribution in [0.15, 0.2) is 18.3 Å². The predicted octanol–water partition coefficient (Wildman–Crippen LogP) is 2.32. The first-order valence-electron chi connectivity index (χ1n) is 10.7. The third-order valence-corrected chi connectivity index (χ3v) is 5.88. The van der Waals surface area contributed by atoms with Crippen LogP contribution in [0.25, 0.3) is 17.0 Å². The Morgan fingerprint density at radius 1 is 1.27 bits per heavy atom. The molecule has 174 valence electrons. The summed E-state index contributed by atoms with van der Waals surface area (Å²) in [5.74, 6) is -1.58. The van der Waals surface area contributed by atoms with Gasteiger partial charge in [-0.15, -0.1) is 5.10 Å². The van der Waals surface area contributed by atoms with E-state index in [1.807, 2.05) is 0 Å². The van der Waals surface area contributed by atoms with Gasteiger partial charge in [0.25, 0.3) is 0 Å². The number of methoxy groups -OCH3 is 1. The number of hydrogen-bond donors (Lipinski definition) is 2. The summed E-state index contributed by atoms with van der Waals surface area (Å²) in [6.07, 6.45) is 1.53. The first-order chi connectivity index (χ1) is 16.0. The van der Waals surface area contributed by atoms with Gasteiger partial charge in [0.2, 0.25) is 5.91 Å². The normalized spacial score (nSPS) is 21.1. The van der Waals surface area contributed by atoms with Crippen LogP contribution < -0.4 is 20.3 Å². The van der Waals surface area contributed by atoms with Gasteiger partial charge < -0.3 is 15.4 Å². The molecule has 0 aliphatic carbocycles. The quantitative estimate of drug-likeness (QED) is 0.602. The van der Waals surface area contributed by atoms with Crippen molar-refractivity contribution in [1.29, 1.82) is 0 Å². The van der Waals surface area contributed by atoms with Crippen LogP contribution in [-0.4, -0.2) is 64.4 Å². The van der Waals surface area contributed by atoms with Gasteiger partial charge in [0.1, 0.15) is 17.6 Å². The van der Waals surface area contributed by atoms with Gasteiger partial charge in [-0.1, -0.05) is 0 Å². The van der Waals surface area contributed by atoms with E-state index in [0.29, 0.717) is 49.9 Å². The average molecular weight is 461 g/mol. The van der Waals surface area contributed by atoms with Crippen molar-refractivity contribution in [3.63, 3.8) is 0 Å². The molecule has 2 atom stereocenters. The van der Waals surface area contributed by atoms with Crippen molar-refractivity contribution in [1.82, 2.24) is 24.9 Å². The first kappa shape index (κ1) is 21.4. The highest BCUT2D eigenvalue weighted by Gasteiger charge is 2.29. The lowest BCUT2D eigenvalue weighted by Gasteiger charge is -2.28. The molecule has 2 fully saturated rings. The summed E-state index contributed by atoms with van der Waals surface area (Å²) in [4.78, 5) is 22.1. The molecule has 1 amide bonds. The van der Waals surface area contributed by atoms with Crippen molar-refractivity contribution in [2.24, 2.45) is 0 Å². The molecule has 2 aliphatic rings. The Bertz CT molecular complexity index is 1220. The zero-order chi connectivity index (χ0) is 23.1. The number of carbonyl (C=O) groups excluding carboxylic acids is 1. The number of alkyl halides is 1. The summed E-state index contributed by atoms with van der Waals surface area (Å²) in [5.41, 5.74) is 0.277. The molecule has 0 saturated carbocycles. The van der Waals surface area contributed by atoms with Crippen LogP contribution in [0, 0.1) is 11.6 Å². The maximum absolute atomic E-state index is 14.8. The van der Waals surface area contributed by atoms with Gasteiger partial charge in [0.05, 0.1) is 19.3 Å². The minimum Gasteiger partial charge on any atom is -0.493 e. The molecule has 9 nitrogen and oxygen atoms in total. The van der Waals surface area contributed by atoms with E-state index in [4.69, 9.17) is 4.74 Å². The van der Waals surface area contributed by atoms with Crippen LogP contribution in [0.4, 0.5) is 24.8 Å². The third-order valence-electron chi connectivity index (χ3n) is 5.88. The number of ether oxygens (including phenoxy) is 1. The Kier molecular flexibility index (Phi) is 5.52. The Hall–Kier alpha value is -3.41. The molecule has 0 bridgehead atoms. The number of nitrogens with one attached hydrogen (secondary N) is 2. The van der Waals surface area contributed by atoms with Crippen molar-refractivity contribution in [3.8, 4) is 17.1 Å². The van der Waals surface area contributed by atoms with Gasteiger partial charge >= 0.3 is 0 Å². The van der Waals surface area contributed by atoms with Crippen molar-refractivity contribution in [3.05, 3.63) is 30.0 Å². The average Bonchev–Trinajstić information content (AvgIpc) is 3.41. The van der Waals surface area contributed by atoms with Crippen LogP contribution in [-0.2, 0) is 4.79 Å².